The number of hydrogen-bond acceptors (Lipinski definition) is 3. The van der Waals surface area contributed by atoms with Crippen molar-refractivity contribution in [3.8, 4) is 11.6 Å². The van der Waals surface area contributed by atoms with Crippen LogP contribution in [-0.4, -0.2) is 21.4 Å². The minimum Gasteiger partial charge on any atom is -0.539 e. The van der Waals surface area contributed by atoms with Crippen LogP contribution in [0.4, 0.5) is 0 Å². The molecule has 0 amide bonds. The fourth-order valence-electron chi connectivity index (χ4n) is 4.99. The Morgan fingerprint density at radius 3 is 1.88 bits per heavy atom. The molecule has 1 aromatic heterocycles. The average molecular weight is 391 g/mol. The fourth-order valence-corrected chi connectivity index (χ4v) is 13.3. The number of para-hydroxylation sites is 1. The number of benzene rings is 1. The van der Waals surface area contributed by atoms with E-state index in [-0.39, 0.29) is 5.95 Å². The molecule has 0 spiro atoms. The summed E-state index contributed by atoms with van der Waals surface area (Å²) < 4.78 is 6.95. The summed E-state index contributed by atoms with van der Waals surface area (Å²) in [6, 6.07) is 8.54. The lowest BCUT2D eigenvalue weighted by molar-refractivity contribution is -0.654. The first-order valence-corrected chi connectivity index (χ1v) is 15.4. The maximum atomic E-state index is 12.4. The molecule has 2 rings (SSSR count). The van der Waals surface area contributed by atoms with E-state index in [0.29, 0.717) is 16.6 Å². The van der Waals surface area contributed by atoms with Gasteiger partial charge in [0.1, 0.15) is 14.0 Å². The van der Waals surface area contributed by atoms with Gasteiger partial charge in [-0.25, -0.2) is 0 Å². The van der Waals surface area contributed by atoms with Crippen molar-refractivity contribution in [1.29, 1.82) is 0 Å². The summed E-state index contributed by atoms with van der Waals surface area (Å²) in [6.07, 6.45) is 0. The van der Waals surface area contributed by atoms with Crippen LogP contribution in [0.5, 0.6) is 5.95 Å². The van der Waals surface area contributed by atoms with Gasteiger partial charge in [-0.2, -0.15) is 0 Å². The number of aromatic nitrogens is 2. The highest BCUT2D eigenvalue weighted by molar-refractivity contribution is 6.95. The quantitative estimate of drug-likeness (QED) is 0.561. The third-order valence-electron chi connectivity index (χ3n) is 5.79. The van der Waals surface area contributed by atoms with Gasteiger partial charge in [-0.15, -0.1) is 0 Å². The second-order valence-electron chi connectivity index (χ2n) is 9.29. The Hall–Kier alpha value is -1.41. The third-order valence-corrected chi connectivity index (χ3v) is 14.7. The minimum absolute atomic E-state index is 0.287. The molecule has 144 valence electrons. The van der Waals surface area contributed by atoms with E-state index < -0.39 is 16.1 Å². The molecule has 0 radical (unpaired) electrons. The van der Waals surface area contributed by atoms with E-state index in [1.807, 2.05) is 10.7 Å². The summed E-state index contributed by atoms with van der Waals surface area (Å²) >= 11 is 0. The van der Waals surface area contributed by atoms with E-state index >= 15 is 0 Å². The van der Waals surface area contributed by atoms with Gasteiger partial charge in [0, 0.05) is 11.3 Å². The van der Waals surface area contributed by atoms with Gasteiger partial charge in [0.25, 0.3) is 0 Å². The molecule has 0 fully saturated rings. The SMILES string of the molecule is CC(C)[Si](c1ccccc1-[n+]1noc([O-])c1[Si](C)(C)C)(C(C)C)C(C)C. The van der Waals surface area contributed by atoms with Gasteiger partial charge < -0.3 is 9.63 Å². The molecule has 0 aliphatic rings. The molecule has 1 heterocycles. The van der Waals surface area contributed by atoms with Crippen LogP contribution in [0, 0.1) is 0 Å². The van der Waals surface area contributed by atoms with Crippen molar-refractivity contribution in [2.45, 2.75) is 77.8 Å². The normalized spacial score (nSPS) is 13.2. The molecule has 26 heavy (non-hydrogen) atoms. The monoisotopic (exact) mass is 390 g/mol. The Morgan fingerprint density at radius 2 is 1.42 bits per heavy atom. The predicted molar refractivity (Wildman–Crippen MR) is 111 cm³/mol. The predicted octanol–water partition coefficient (Wildman–Crippen LogP) is 3.46. The fraction of sp³-hybridized carbons (Fsp3) is 0.600. The molecule has 4 nitrogen and oxygen atoms in total. The molecule has 1 aromatic carbocycles. The molecule has 6 heteroatoms. The maximum absolute atomic E-state index is 12.4. The minimum atomic E-state index is -1.91. The number of hydrogen-bond donors (Lipinski definition) is 0. The summed E-state index contributed by atoms with van der Waals surface area (Å²) in [5.74, 6) is -0.287. The highest BCUT2D eigenvalue weighted by atomic mass is 28.3. The van der Waals surface area contributed by atoms with Crippen LogP contribution in [0.15, 0.2) is 28.8 Å². The van der Waals surface area contributed by atoms with E-state index in [2.05, 4.69) is 84.7 Å². The van der Waals surface area contributed by atoms with E-state index in [1.165, 1.54) is 5.19 Å². The van der Waals surface area contributed by atoms with E-state index in [1.54, 1.807) is 0 Å². The van der Waals surface area contributed by atoms with Crippen LogP contribution >= 0.6 is 0 Å². The van der Waals surface area contributed by atoms with Crippen LogP contribution < -0.4 is 20.3 Å². The zero-order valence-corrected chi connectivity index (χ0v) is 19.8. The summed E-state index contributed by atoms with van der Waals surface area (Å²) in [5, 5.41) is 18.7. The highest BCUT2D eigenvalue weighted by Gasteiger charge is 2.48. The Kier molecular flexibility index (Phi) is 5.88. The lowest BCUT2D eigenvalue weighted by Crippen LogP contribution is -2.65. The number of rotatable bonds is 6. The van der Waals surface area contributed by atoms with Crippen molar-refractivity contribution in [3.63, 3.8) is 0 Å². The summed E-state index contributed by atoms with van der Waals surface area (Å²) in [7, 11) is -3.80. The van der Waals surface area contributed by atoms with Gasteiger partial charge in [0.05, 0.1) is 5.27 Å². The molecule has 0 saturated heterocycles. The van der Waals surface area contributed by atoms with Gasteiger partial charge in [-0.05, 0) is 21.3 Å². The number of nitrogens with zero attached hydrogens (tertiary/aromatic N) is 2. The van der Waals surface area contributed by atoms with Gasteiger partial charge in [0.2, 0.25) is 11.0 Å². The third kappa shape index (κ3) is 3.29. The zero-order valence-electron chi connectivity index (χ0n) is 17.8. The Balaban J connectivity index is 2.86. The Bertz CT molecular complexity index is 740. The van der Waals surface area contributed by atoms with E-state index in [9.17, 15) is 5.11 Å². The topological polar surface area (TPSA) is 53.0 Å². The van der Waals surface area contributed by atoms with Crippen molar-refractivity contribution in [3.05, 3.63) is 24.3 Å². The van der Waals surface area contributed by atoms with E-state index in [0.717, 1.165) is 11.0 Å². The van der Waals surface area contributed by atoms with E-state index in [4.69, 9.17) is 4.52 Å². The average Bonchev–Trinajstić information content (AvgIpc) is 2.89. The van der Waals surface area contributed by atoms with Crippen LogP contribution in [0.25, 0.3) is 5.69 Å². The van der Waals surface area contributed by atoms with Crippen molar-refractivity contribution in [1.82, 2.24) is 5.27 Å². The van der Waals surface area contributed by atoms with Gasteiger partial charge in [-0.1, -0.05) is 79.4 Å². The second kappa shape index (κ2) is 7.31. The van der Waals surface area contributed by atoms with Crippen molar-refractivity contribution in [2.75, 3.05) is 0 Å². The molecular formula is C20H34N2O2Si2. The molecule has 0 aliphatic heterocycles. The van der Waals surface area contributed by atoms with Gasteiger partial charge in [0.15, 0.2) is 8.07 Å². The highest BCUT2D eigenvalue weighted by Crippen LogP contribution is 2.41. The van der Waals surface area contributed by atoms with Crippen molar-refractivity contribution < 1.29 is 14.3 Å². The standard InChI is InChI=1S/C20H34N2O2Si2/c1-14(2)26(15(3)4,16(5)6)18-13-11-10-12-17(18)22-19(25(7,8)9)20(23)24-21-22/h10-16H,1-9H3. The van der Waals surface area contributed by atoms with Gasteiger partial charge >= 0.3 is 0 Å². The van der Waals surface area contributed by atoms with Crippen LogP contribution in [-0.2, 0) is 0 Å². The molecule has 0 aliphatic carbocycles. The summed E-state index contributed by atoms with van der Waals surface area (Å²) in [6.45, 7) is 20.6. The largest absolute Gasteiger partial charge is 0.539 e. The first kappa shape index (κ1) is 20.9. The summed E-state index contributed by atoms with van der Waals surface area (Å²) in [4.78, 5) is 0. The smallest absolute Gasteiger partial charge is 0.238 e. The van der Waals surface area contributed by atoms with Crippen molar-refractivity contribution >= 4 is 26.7 Å². The lowest BCUT2D eigenvalue weighted by atomic mass is 10.3. The molecule has 2 aromatic rings. The molecular weight excluding hydrogens is 356 g/mol. The summed E-state index contributed by atoms with van der Waals surface area (Å²) in [5.41, 5.74) is 2.79. The van der Waals surface area contributed by atoms with Crippen LogP contribution in [0.1, 0.15) is 41.5 Å². The lowest BCUT2D eigenvalue weighted by Gasteiger charge is -2.43. The van der Waals surface area contributed by atoms with Crippen LogP contribution in [0.2, 0.25) is 36.3 Å². The Morgan fingerprint density at radius 1 is 0.923 bits per heavy atom. The Labute approximate surface area is 160 Å². The molecule has 0 bridgehead atoms. The zero-order chi connectivity index (χ0) is 19.9. The molecule has 0 unspecified atom stereocenters. The maximum Gasteiger partial charge on any atom is 0.238 e. The molecule has 0 saturated carbocycles. The molecule has 0 N–H and O–H groups in total. The van der Waals surface area contributed by atoms with Crippen molar-refractivity contribution in [2.24, 2.45) is 0 Å². The first-order chi connectivity index (χ1) is 12.0. The van der Waals surface area contributed by atoms with Gasteiger partial charge in [-0.3, -0.25) is 0 Å². The van der Waals surface area contributed by atoms with Crippen LogP contribution in [0.3, 0.4) is 0 Å². The molecule has 0 atom stereocenters. The second-order valence-corrected chi connectivity index (χ2v) is 20.1. The first-order valence-electron chi connectivity index (χ1n) is 9.65.